The number of H-pyrrole nitrogens is 1. The third-order valence-electron chi connectivity index (χ3n) is 4.04. The highest BCUT2D eigenvalue weighted by Crippen LogP contribution is 2.34. The molecule has 0 aliphatic carbocycles. The molecule has 0 aromatic carbocycles. The van der Waals surface area contributed by atoms with Crippen LogP contribution in [0.3, 0.4) is 0 Å². The van der Waals surface area contributed by atoms with Crippen molar-refractivity contribution >= 4 is 11.0 Å². The van der Waals surface area contributed by atoms with Crippen LogP contribution in [-0.2, 0) is 0 Å². The molecule has 3 aromatic rings. The molecule has 0 spiro atoms. The molecule has 0 bridgehead atoms. The molecular weight excluding hydrogens is 278 g/mol. The van der Waals surface area contributed by atoms with E-state index in [9.17, 15) is 0 Å². The third kappa shape index (κ3) is 2.42. The van der Waals surface area contributed by atoms with Crippen LogP contribution in [0.2, 0.25) is 0 Å². The van der Waals surface area contributed by atoms with Gasteiger partial charge < -0.3 is 15.0 Å². The van der Waals surface area contributed by atoms with Crippen LogP contribution in [0.1, 0.15) is 6.42 Å². The molecule has 6 heteroatoms. The summed E-state index contributed by atoms with van der Waals surface area (Å²) < 4.78 is 6.08. The number of hydrogen-bond donors (Lipinski definition) is 2. The largest absolute Gasteiger partial charge is 0.492 e. The Morgan fingerprint density at radius 2 is 2.18 bits per heavy atom. The summed E-state index contributed by atoms with van der Waals surface area (Å²) in [5, 5.41) is 4.35. The SMILES string of the molecule is c1ncc(-c2c[nH]c3nccc(OC[C@@H]4CCNC4)c23)cn1. The number of rotatable bonds is 4. The Balaban J connectivity index is 1.70. The quantitative estimate of drug-likeness (QED) is 0.770. The smallest absolute Gasteiger partial charge is 0.141 e. The van der Waals surface area contributed by atoms with Crippen LogP contribution < -0.4 is 10.1 Å². The van der Waals surface area contributed by atoms with Crippen LogP contribution in [0.5, 0.6) is 5.75 Å². The highest BCUT2D eigenvalue weighted by atomic mass is 16.5. The minimum absolute atomic E-state index is 0.575. The van der Waals surface area contributed by atoms with Gasteiger partial charge in [0, 0.05) is 48.4 Å². The fourth-order valence-electron chi connectivity index (χ4n) is 2.88. The van der Waals surface area contributed by atoms with Crippen LogP contribution in [0, 0.1) is 5.92 Å². The first-order valence-corrected chi connectivity index (χ1v) is 7.47. The third-order valence-corrected chi connectivity index (χ3v) is 4.04. The van der Waals surface area contributed by atoms with E-state index in [0.29, 0.717) is 5.92 Å². The van der Waals surface area contributed by atoms with Crippen LogP contribution in [0.4, 0.5) is 0 Å². The lowest BCUT2D eigenvalue weighted by molar-refractivity contribution is 0.263. The summed E-state index contributed by atoms with van der Waals surface area (Å²) in [4.78, 5) is 15.8. The average Bonchev–Trinajstić information content (AvgIpc) is 3.23. The lowest BCUT2D eigenvalue weighted by Gasteiger charge is -2.12. The first kappa shape index (κ1) is 13.2. The molecule has 0 radical (unpaired) electrons. The molecule has 3 aromatic heterocycles. The topological polar surface area (TPSA) is 75.7 Å². The molecule has 4 heterocycles. The molecule has 112 valence electrons. The fraction of sp³-hybridized carbons (Fsp3) is 0.312. The Labute approximate surface area is 128 Å². The Morgan fingerprint density at radius 3 is 3.00 bits per heavy atom. The minimum atomic E-state index is 0.575. The molecule has 1 aliphatic heterocycles. The zero-order valence-corrected chi connectivity index (χ0v) is 12.1. The van der Waals surface area contributed by atoms with Gasteiger partial charge in [-0.15, -0.1) is 0 Å². The summed E-state index contributed by atoms with van der Waals surface area (Å²) in [5.74, 6) is 1.43. The van der Waals surface area contributed by atoms with Crippen molar-refractivity contribution in [3.8, 4) is 16.9 Å². The van der Waals surface area contributed by atoms with E-state index >= 15 is 0 Å². The van der Waals surface area contributed by atoms with Gasteiger partial charge >= 0.3 is 0 Å². The molecule has 6 nitrogen and oxygen atoms in total. The summed E-state index contributed by atoms with van der Waals surface area (Å²) in [7, 11) is 0. The van der Waals surface area contributed by atoms with Crippen LogP contribution in [0.15, 0.2) is 37.2 Å². The van der Waals surface area contributed by atoms with Gasteiger partial charge in [-0.25, -0.2) is 15.0 Å². The van der Waals surface area contributed by atoms with E-state index < -0.39 is 0 Å². The average molecular weight is 295 g/mol. The maximum atomic E-state index is 6.08. The lowest BCUT2D eigenvalue weighted by Crippen LogP contribution is -2.15. The van der Waals surface area contributed by atoms with Crippen molar-refractivity contribution in [1.82, 2.24) is 25.3 Å². The van der Waals surface area contributed by atoms with Crippen molar-refractivity contribution in [2.45, 2.75) is 6.42 Å². The standard InChI is InChI=1S/C16H17N5O/c1-3-17-5-11(1)9-22-14-2-4-20-16-15(14)13(8-21-16)12-6-18-10-19-7-12/h2,4,6-8,10-11,17H,1,3,5,9H2,(H,20,21)/t11-/m1/s1. The zero-order chi connectivity index (χ0) is 14.8. The first-order chi connectivity index (χ1) is 10.9. The number of aromatic amines is 1. The van der Waals surface area contributed by atoms with Crippen molar-refractivity contribution in [1.29, 1.82) is 0 Å². The molecular formula is C16H17N5O. The number of aromatic nitrogens is 4. The van der Waals surface area contributed by atoms with Crippen molar-refractivity contribution in [2.75, 3.05) is 19.7 Å². The summed E-state index contributed by atoms with van der Waals surface area (Å²) >= 11 is 0. The highest BCUT2D eigenvalue weighted by molar-refractivity contribution is 5.97. The van der Waals surface area contributed by atoms with E-state index in [-0.39, 0.29) is 0 Å². The monoisotopic (exact) mass is 295 g/mol. The Kier molecular flexibility index (Phi) is 3.44. The zero-order valence-electron chi connectivity index (χ0n) is 12.1. The predicted octanol–water partition coefficient (Wildman–Crippen LogP) is 2.01. The number of pyridine rings is 1. The van der Waals surface area contributed by atoms with E-state index in [1.807, 2.05) is 12.3 Å². The van der Waals surface area contributed by atoms with Crippen molar-refractivity contribution in [3.63, 3.8) is 0 Å². The minimum Gasteiger partial charge on any atom is -0.492 e. The number of fused-ring (bicyclic) bond motifs is 1. The maximum Gasteiger partial charge on any atom is 0.141 e. The second-order valence-electron chi connectivity index (χ2n) is 5.53. The van der Waals surface area contributed by atoms with Crippen molar-refractivity contribution in [2.24, 2.45) is 5.92 Å². The highest BCUT2D eigenvalue weighted by Gasteiger charge is 2.17. The van der Waals surface area contributed by atoms with Crippen molar-refractivity contribution < 1.29 is 4.74 Å². The maximum absolute atomic E-state index is 6.08. The predicted molar refractivity (Wildman–Crippen MR) is 83.6 cm³/mol. The van der Waals surface area contributed by atoms with Crippen LogP contribution in [-0.4, -0.2) is 39.6 Å². The van der Waals surface area contributed by atoms with Gasteiger partial charge in [-0.1, -0.05) is 0 Å². The second-order valence-corrected chi connectivity index (χ2v) is 5.53. The van der Waals surface area contributed by atoms with E-state index in [0.717, 1.165) is 47.6 Å². The molecule has 0 saturated carbocycles. The Bertz CT molecular complexity index is 765. The van der Waals surface area contributed by atoms with Gasteiger partial charge in [-0.2, -0.15) is 0 Å². The first-order valence-electron chi connectivity index (χ1n) is 7.47. The summed E-state index contributed by atoms with van der Waals surface area (Å²) in [6.45, 7) is 2.83. The number of ether oxygens (including phenoxy) is 1. The summed E-state index contributed by atoms with van der Waals surface area (Å²) in [6.07, 6.45) is 10.00. The molecule has 1 atom stereocenters. The van der Waals surface area contributed by atoms with Gasteiger partial charge in [0.2, 0.25) is 0 Å². The van der Waals surface area contributed by atoms with E-state index in [4.69, 9.17) is 4.74 Å². The molecule has 22 heavy (non-hydrogen) atoms. The van der Waals surface area contributed by atoms with Crippen LogP contribution in [0.25, 0.3) is 22.2 Å². The molecule has 4 rings (SSSR count). The number of nitrogens with zero attached hydrogens (tertiary/aromatic N) is 3. The number of nitrogens with one attached hydrogen (secondary N) is 2. The lowest BCUT2D eigenvalue weighted by atomic mass is 10.1. The summed E-state index contributed by atoms with van der Waals surface area (Å²) in [5.41, 5.74) is 2.79. The molecule has 0 unspecified atom stereocenters. The molecule has 1 aliphatic rings. The normalized spacial score (nSPS) is 17.9. The Hall–Kier alpha value is -2.47. The van der Waals surface area contributed by atoms with Crippen LogP contribution >= 0.6 is 0 Å². The van der Waals surface area contributed by atoms with E-state index in [2.05, 4.69) is 25.3 Å². The molecule has 0 amide bonds. The fourth-order valence-corrected chi connectivity index (χ4v) is 2.88. The van der Waals surface area contributed by atoms with Gasteiger partial charge in [0.25, 0.3) is 0 Å². The second kappa shape index (κ2) is 5.73. The van der Waals surface area contributed by atoms with Gasteiger partial charge in [-0.3, -0.25) is 0 Å². The van der Waals surface area contributed by atoms with Gasteiger partial charge in [-0.05, 0) is 19.0 Å². The number of hydrogen-bond acceptors (Lipinski definition) is 5. The van der Waals surface area contributed by atoms with Gasteiger partial charge in [0.15, 0.2) is 0 Å². The Morgan fingerprint density at radius 1 is 1.27 bits per heavy atom. The summed E-state index contributed by atoms with van der Waals surface area (Å²) in [6, 6.07) is 1.92. The van der Waals surface area contributed by atoms with Crippen molar-refractivity contribution in [3.05, 3.63) is 37.2 Å². The van der Waals surface area contributed by atoms with E-state index in [1.54, 1.807) is 18.6 Å². The van der Waals surface area contributed by atoms with E-state index in [1.165, 1.54) is 12.7 Å². The molecule has 1 saturated heterocycles. The van der Waals surface area contributed by atoms with Gasteiger partial charge in [0.05, 0.1) is 12.0 Å². The molecule has 1 fully saturated rings. The van der Waals surface area contributed by atoms with Gasteiger partial charge in [0.1, 0.15) is 17.7 Å². The molecule has 2 N–H and O–H groups in total.